The van der Waals surface area contributed by atoms with Crippen molar-refractivity contribution in [1.29, 1.82) is 0 Å². The van der Waals surface area contributed by atoms with Crippen LogP contribution in [0, 0.1) is 5.41 Å². The lowest BCUT2D eigenvalue weighted by Crippen LogP contribution is -2.46. The van der Waals surface area contributed by atoms with Crippen LogP contribution >= 0.6 is 11.3 Å². The lowest BCUT2D eigenvalue weighted by Gasteiger charge is -2.38. The van der Waals surface area contributed by atoms with Gasteiger partial charge in [-0.1, -0.05) is 38.0 Å². The third kappa shape index (κ3) is 3.43. The molecule has 1 atom stereocenters. The molecule has 1 aromatic rings. The number of amides is 1. The van der Waals surface area contributed by atoms with E-state index in [1.54, 1.807) is 0 Å². The van der Waals surface area contributed by atoms with E-state index in [-0.39, 0.29) is 17.4 Å². The number of aromatic nitrogens is 2. The maximum Gasteiger partial charge on any atom is 0.282 e. The molecule has 0 aliphatic heterocycles. The molecule has 1 aliphatic rings. The fraction of sp³-hybridized carbons (Fsp3) is 0.769. The molecule has 1 saturated carbocycles. The molecule has 0 bridgehead atoms. The highest BCUT2D eigenvalue weighted by molar-refractivity contribution is 7.17. The van der Waals surface area contributed by atoms with Crippen LogP contribution in [-0.4, -0.2) is 28.7 Å². The number of hydrogen-bond donors (Lipinski definition) is 2. The van der Waals surface area contributed by atoms with E-state index in [1.807, 2.05) is 6.92 Å². The second kappa shape index (κ2) is 5.86. The van der Waals surface area contributed by atoms with Crippen LogP contribution in [0.2, 0.25) is 0 Å². The number of anilines is 1. The van der Waals surface area contributed by atoms with Gasteiger partial charge >= 0.3 is 0 Å². The van der Waals surface area contributed by atoms with Gasteiger partial charge in [0.2, 0.25) is 10.1 Å². The molecule has 6 heteroatoms. The van der Waals surface area contributed by atoms with Crippen molar-refractivity contribution < 1.29 is 4.79 Å². The van der Waals surface area contributed by atoms with Gasteiger partial charge in [0.05, 0.1) is 0 Å². The summed E-state index contributed by atoms with van der Waals surface area (Å²) in [7, 11) is 0. The van der Waals surface area contributed by atoms with Crippen molar-refractivity contribution in [3.63, 3.8) is 0 Å². The Bertz CT molecular complexity index is 444. The van der Waals surface area contributed by atoms with Gasteiger partial charge in [0.25, 0.3) is 5.91 Å². The van der Waals surface area contributed by atoms with E-state index in [1.165, 1.54) is 24.2 Å². The normalized spacial score (nSPS) is 21.9. The van der Waals surface area contributed by atoms with Crippen LogP contribution in [0.5, 0.6) is 0 Å². The predicted octanol–water partition coefficient (Wildman–Crippen LogP) is 2.67. The second-order valence-electron chi connectivity index (χ2n) is 5.70. The molecule has 1 aromatic heterocycles. The lowest BCUT2D eigenvalue weighted by atomic mass is 9.73. The van der Waals surface area contributed by atoms with Crippen LogP contribution < -0.4 is 10.6 Å². The molecule has 1 fully saturated rings. The highest BCUT2D eigenvalue weighted by atomic mass is 32.1. The molecule has 0 saturated heterocycles. The summed E-state index contributed by atoms with van der Waals surface area (Å²) >= 11 is 1.31. The second-order valence-corrected chi connectivity index (χ2v) is 6.68. The van der Waals surface area contributed by atoms with Crippen molar-refractivity contribution in [2.24, 2.45) is 5.41 Å². The minimum absolute atomic E-state index is 0.0957. The number of carbonyl (C=O) groups excluding carboxylic acids is 1. The summed E-state index contributed by atoms with van der Waals surface area (Å²) in [4.78, 5) is 12.2. The number of nitrogens with zero attached hydrogens (tertiary/aromatic N) is 2. The molecule has 2 rings (SSSR count). The number of hydrogen-bond acceptors (Lipinski definition) is 5. The van der Waals surface area contributed by atoms with Crippen molar-refractivity contribution >= 4 is 22.4 Å². The van der Waals surface area contributed by atoms with Crippen molar-refractivity contribution in [1.82, 2.24) is 15.5 Å². The molecule has 19 heavy (non-hydrogen) atoms. The van der Waals surface area contributed by atoms with Crippen LogP contribution in [0.1, 0.15) is 56.3 Å². The molecule has 0 aromatic carbocycles. The summed E-state index contributed by atoms with van der Waals surface area (Å²) in [5.41, 5.74) is 0.170. The minimum Gasteiger partial charge on any atom is -0.360 e. The Kier molecular flexibility index (Phi) is 4.39. The van der Waals surface area contributed by atoms with Gasteiger partial charge in [0, 0.05) is 12.6 Å². The maximum atomic E-state index is 12.2. The van der Waals surface area contributed by atoms with Crippen LogP contribution in [-0.2, 0) is 0 Å². The summed E-state index contributed by atoms with van der Waals surface area (Å²) in [5.74, 6) is -0.0957. The molecule has 1 aliphatic carbocycles. The smallest absolute Gasteiger partial charge is 0.282 e. The Labute approximate surface area is 118 Å². The fourth-order valence-electron chi connectivity index (χ4n) is 2.52. The summed E-state index contributed by atoms with van der Waals surface area (Å²) < 4.78 is 0. The van der Waals surface area contributed by atoms with Crippen molar-refractivity contribution in [2.75, 3.05) is 11.9 Å². The number of carbonyl (C=O) groups is 1. The van der Waals surface area contributed by atoms with Gasteiger partial charge in [-0.05, 0) is 25.2 Å². The summed E-state index contributed by atoms with van der Waals surface area (Å²) in [6.45, 7) is 7.22. The predicted molar refractivity (Wildman–Crippen MR) is 77.6 cm³/mol. The average molecular weight is 282 g/mol. The van der Waals surface area contributed by atoms with Crippen LogP contribution in [0.4, 0.5) is 5.13 Å². The first-order valence-electron chi connectivity index (χ1n) is 6.91. The van der Waals surface area contributed by atoms with Gasteiger partial charge in [-0.2, -0.15) is 0 Å². The highest BCUT2D eigenvalue weighted by Crippen LogP contribution is 2.35. The number of rotatable bonds is 4. The summed E-state index contributed by atoms with van der Waals surface area (Å²) in [6, 6.07) is 0.236. The highest BCUT2D eigenvalue weighted by Gasteiger charge is 2.33. The summed E-state index contributed by atoms with van der Waals surface area (Å²) in [6.07, 6.45) is 4.66. The zero-order chi connectivity index (χ0) is 13.9. The first-order valence-corrected chi connectivity index (χ1v) is 7.73. The van der Waals surface area contributed by atoms with Gasteiger partial charge in [0.1, 0.15) is 0 Å². The largest absolute Gasteiger partial charge is 0.360 e. The lowest BCUT2D eigenvalue weighted by molar-refractivity contribution is 0.0852. The molecular formula is C13H22N4OS. The molecule has 0 spiro atoms. The van der Waals surface area contributed by atoms with Crippen LogP contribution in [0.15, 0.2) is 0 Å². The molecule has 2 N–H and O–H groups in total. The molecule has 1 heterocycles. The third-order valence-corrected chi connectivity index (χ3v) is 4.64. The van der Waals surface area contributed by atoms with E-state index in [0.717, 1.165) is 19.4 Å². The molecular weight excluding hydrogens is 260 g/mol. The van der Waals surface area contributed by atoms with E-state index in [0.29, 0.717) is 10.1 Å². The van der Waals surface area contributed by atoms with E-state index in [2.05, 4.69) is 34.7 Å². The van der Waals surface area contributed by atoms with Crippen LogP contribution in [0.3, 0.4) is 0 Å². The van der Waals surface area contributed by atoms with Gasteiger partial charge in [0.15, 0.2) is 0 Å². The van der Waals surface area contributed by atoms with Crippen molar-refractivity contribution in [2.45, 2.75) is 52.5 Å². The fourth-order valence-corrected chi connectivity index (χ4v) is 3.23. The number of nitrogens with one attached hydrogen (secondary N) is 2. The first-order chi connectivity index (χ1) is 9.03. The topological polar surface area (TPSA) is 66.9 Å². The SMILES string of the molecule is CCNc1nnc(C(=O)NC2CCCCC2(C)C)s1. The van der Waals surface area contributed by atoms with E-state index >= 15 is 0 Å². The van der Waals surface area contributed by atoms with Crippen molar-refractivity contribution in [3.05, 3.63) is 5.01 Å². The van der Waals surface area contributed by atoms with Crippen LogP contribution in [0.25, 0.3) is 0 Å². The molecule has 106 valence electrons. The zero-order valence-corrected chi connectivity index (χ0v) is 12.6. The third-order valence-electron chi connectivity index (χ3n) is 3.76. The Morgan fingerprint density at radius 3 is 2.89 bits per heavy atom. The monoisotopic (exact) mass is 282 g/mol. The average Bonchev–Trinajstić information content (AvgIpc) is 2.81. The Morgan fingerprint density at radius 2 is 2.21 bits per heavy atom. The van der Waals surface area contributed by atoms with Gasteiger partial charge in [-0.25, -0.2) is 0 Å². The van der Waals surface area contributed by atoms with E-state index < -0.39 is 0 Å². The maximum absolute atomic E-state index is 12.2. The summed E-state index contributed by atoms with van der Waals surface area (Å²) in [5, 5.41) is 15.2. The van der Waals surface area contributed by atoms with E-state index in [9.17, 15) is 4.79 Å². The first kappa shape index (κ1) is 14.2. The van der Waals surface area contributed by atoms with E-state index in [4.69, 9.17) is 0 Å². The standard InChI is InChI=1S/C13H22N4OS/c1-4-14-12-17-16-11(19-12)10(18)15-9-7-5-6-8-13(9,2)3/h9H,4-8H2,1-3H3,(H,14,17)(H,15,18). The molecule has 1 amide bonds. The van der Waals surface area contributed by atoms with Gasteiger partial charge < -0.3 is 10.6 Å². The van der Waals surface area contributed by atoms with Gasteiger partial charge in [-0.15, -0.1) is 10.2 Å². The molecule has 0 radical (unpaired) electrons. The zero-order valence-electron chi connectivity index (χ0n) is 11.8. The van der Waals surface area contributed by atoms with Crippen molar-refractivity contribution in [3.8, 4) is 0 Å². The van der Waals surface area contributed by atoms with Gasteiger partial charge in [-0.3, -0.25) is 4.79 Å². The Morgan fingerprint density at radius 1 is 1.42 bits per heavy atom. The minimum atomic E-state index is -0.0957. The quantitative estimate of drug-likeness (QED) is 0.891. The Balaban J connectivity index is 1.99. The molecule has 5 nitrogen and oxygen atoms in total. The molecule has 1 unspecified atom stereocenters. The Hall–Kier alpha value is -1.17.